The highest BCUT2D eigenvalue weighted by Crippen LogP contribution is 2.15. The van der Waals surface area contributed by atoms with Crippen LogP contribution in [0.1, 0.15) is 43.4 Å². The fourth-order valence-corrected chi connectivity index (χ4v) is 1.68. The van der Waals surface area contributed by atoms with Gasteiger partial charge in [0.25, 0.3) is 0 Å². The van der Waals surface area contributed by atoms with Crippen LogP contribution < -0.4 is 0 Å². The molecule has 1 rings (SSSR count). The average Bonchev–Trinajstić information content (AvgIpc) is 2.09. The summed E-state index contributed by atoms with van der Waals surface area (Å²) in [4.78, 5) is 0. The van der Waals surface area contributed by atoms with Crippen LogP contribution in [0.3, 0.4) is 0 Å². The molecule has 0 saturated heterocycles. The molecular formula is C14H22O. The molecule has 0 amide bonds. The van der Waals surface area contributed by atoms with Gasteiger partial charge in [0, 0.05) is 0 Å². The lowest BCUT2D eigenvalue weighted by atomic mass is 9.97. The Kier molecular flexibility index (Phi) is 3.92. The molecule has 0 saturated carbocycles. The fraction of sp³-hybridized carbons (Fsp3) is 0.571. The molecule has 0 aliphatic rings. The predicted molar refractivity (Wildman–Crippen MR) is 65.2 cm³/mol. The highest BCUT2D eigenvalue weighted by Gasteiger charge is 2.11. The monoisotopic (exact) mass is 206 g/mol. The van der Waals surface area contributed by atoms with Crippen LogP contribution in [0, 0.1) is 13.8 Å². The Bertz CT molecular complexity index is 321. The smallest absolute Gasteiger partial charge is 0.0591 e. The predicted octanol–water partition coefficient (Wildman–Crippen LogP) is 3.40. The van der Waals surface area contributed by atoms with Gasteiger partial charge in [-0.25, -0.2) is 0 Å². The molecule has 1 nitrogen and oxygen atoms in total. The standard InChI is InChI=1S/C14H22O/c1-11-7-8-13(10-12(11)2)6-5-9-14(3,4)15/h7-8,10,15H,5-6,9H2,1-4H3. The van der Waals surface area contributed by atoms with E-state index >= 15 is 0 Å². The third kappa shape index (κ3) is 4.48. The van der Waals surface area contributed by atoms with Gasteiger partial charge in [-0.15, -0.1) is 0 Å². The summed E-state index contributed by atoms with van der Waals surface area (Å²) in [7, 11) is 0. The average molecular weight is 206 g/mol. The SMILES string of the molecule is Cc1ccc(CCCC(C)(C)O)cc1C. The molecule has 0 spiro atoms. The van der Waals surface area contributed by atoms with Crippen LogP contribution in [0.25, 0.3) is 0 Å². The molecule has 0 aliphatic heterocycles. The Balaban J connectivity index is 2.48. The van der Waals surface area contributed by atoms with Crippen molar-refractivity contribution in [3.05, 3.63) is 34.9 Å². The number of hydrogen-bond donors (Lipinski definition) is 1. The van der Waals surface area contributed by atoms with Gasteiger partial charge in [-0.05, 0) is 63.6 Å². The van der Waals surface area contributed by atoms with E-state index < -0.39 is 5.60 Å². The molecular weight excluding hydrogens is 184 g/mol. The topological polar surface area (TPSA) is 20.2 Å². The summed E-state index contributed by atoms with van der Waals surface area (Å²) in [6.45, 7) is 8.02. The van der Waals surface area contributed by atoms with Crippen molar-refractivity contribution in [3.8, 4) is 0 Å². The van der Waals surface area contributed by atoms with Crippen LogP contribution in [0.4, 0.5) is 0 Å². The summed E-state index contributed by atoms with van der Waals surface area (Å²) in [5.41, 5.74) is 3.55. The summed E-state index contributed by atoms with van der Waals surface area (Å²) in [5, 5.41) is 9.59. The second-order valence-electron chi connectivity index (χ2n) is 5.08. The maximum atomic E-state index is 9.59. The van der Waals surface area contributed by atoms with E-state index in [-0.39, 0.29) is 0 Å². The third-order valence-corrected chi connectivity index (χ3v) is 2.83. The molecule has 1 aromatic rings. The van der Waals surface area contributed by atoms with Crippen LogP contribution in [0.15, 0.2) is 18.2 Å². The van der Waals surface area contributed by atoms with Crippen LogP contribution >= 0.6 is 0 Å². The second-order valence-corrected chi connectivity index (χ2v) is 5.08. The van der Waals surface area contributed by atoms with E-state index in [1.54, 1.807) is 0 Å². The molecule has 15 heavy (non-hydrogen) atoms. The first-order valence-electron chi connectivity index (χ1n) is 5.67. The van der Waals surface area contributed by atoms with E-state index in [1.165, 1.54) is 16.7 Å². The van der Waals surface area contributed by atoms with Crippen molar-refractivity contribution < 1.29 is 5.11 Å². The Morgan fingerprint density at radius 3 is 2.33 bits per heavy atom. The van der Waals surface area contributed by atoms with Crippen molar-refractivity contribution in [2.24, 2.45) is 0 Å². The summed E-state index contributed by atoms with van der Waals surface area (Å²) < 4.78 is 0. The van der Waals surface area contributed by atoms with Gasteiger partial charge in [0.2, 0.25) is 0 Å². The van der Waals surface area contributed by atoms with Crippen molar-refractivity contribution in [2.75, 3.05) is 0 Å². The number of aryl methyl sites for hydroxylation is 3. The minimum absolute atomic E-state index is 0.528. The lowest BCUT2D eigenvalue weighted by molar-refractivity contribution is 0.0689. The molecule has 0 bridgehead atoms. The van der Waals surface area contributed by atoms with E-state index in [2.05, 4.69) is 32.0 Å². The number of hydrogen-bond acceptors (Lipinski definition) is 1. The van der Waals surface area contributed by atoms with Gasteiger partial charge < -0.3 is 5.11 Å². The molecule has 0 fully saturated rings. The normalized spacial score (nSPS) is 11.8. The van der Waals surface area contributed by atoms with E-state index in [1.807, 2.05) is 13.8 Å². The van der Waals surface area contributed by atoms with Crippen LogP contribution in [0.5, 0.6) is 0 Å². The molecule has 1 heteroatoms. The summed E-state index contributed by atoms with van der Waals surface area (Å²) in [6, 6.07) is 6.61. The highest BCUT2D eigenvalue weighted by molar-refractivity contribution is 5.29. The number of aliphatic hydroxyl groups is 1. The minimum Gasteiger partial charge on any atom is -0.390 e. The first kappa shape index (κ1) is 12.3. The lowest BCUT2D eigenvalue weighted by Gasteiger charge is -2.16. The first-order valence-corrected chi connectivity index (χ1v) is 5.67. The number of rotatable bonds is 4. The third-order valence-electron chi connectivity index (χ3n) is 2.83. The molecule has 0 heterocycles. The molecule has 1 N–H and O–H groups in total. The molecule has 1 aromatic carbocycles. The molecule has 84 valence electrons. The maximum Gasteiger partial charge on any atom is 0.0591 e. The van der Waals surface area contributed by atoms with Crippen LogP contribution in [0.2, 0.25) is 0 Å². The van der Waals surface area contributed by atoms with Crippen LogP contribution in [-0.2, 0) is 6.42 Å². The number of benzene rings is 1. The minimum atomic E-state index is -0.528. The fourth-order valence-electron chi connectivity index (χ4n) is 1.68. The van der Waals surface area contributed by atoms with Crippen LogP contribution in [-0.4, -0.2) is 10.7 Å². The van der Waals surface area contributed by atoms with Crippen molar-refractivity contribution in [1.29, 1.82) is 0 Å². The van der Waals surface area contributed by atoms with Crippen molar-refractivity contribution in [3.63, 3.8) is 0 Å². The summed E-state index contributed by atoms with van der Waals surface area (Å²) in [5.74, 6) is 0. The summed E-state index contributed by atoms with van der Waals surface area (Å²) >= 11 is 0. The Labute approximate surface area is 93.1 Å². The zero-order chi connectivity index (χ0) is 11.5. The molecule has 0 aromatic heterocycles. The van der Waals surface area contributed by atoms with Gasteiger partial charge in [0.05, 0.1) is 5.60 Å². The second kappa shape index (κ2) is 4.80. The van der Waals surface area contributed by atoms with Gasteiger partial charge >= 0.3 is 0 Å². The Morgan fingerprint density at radius 2 is 1.80 bits per heavy atom. The molecule has 0 radical (unpaired) electrons. The van der Waals surface area contributed by atoms with Crippen molar-refractivity contribution in [1.82, 2.24) is 0 Å². The molecule has 0 unspecified atom stereocenters. The molecule has 0 atom stereocenters. The van der Waals surface area contributed by atoms with Gasteiger partial charge in [-0.3, -0.25) is 0 Å². The Morgan fingerprint density at radius 1 is 1.13 bits per heavy atom. The van der Waals surface area contributed by atoms with Crippen molar-refractivity contribution in [2.45, 2.75) is 52.6 Å². The lowest BCUT2D eigenvalue weighted by Crippen LogP contribution is -2.18. The van der Waals surface area contributed by atoms with E-state index in [0.717, 1.165) is 19.3 Å². The summed E-state index contributed by atoms with van der Waals surface area (Å²) in [6.07, 6.45) is 2.97. The van der Waals surface area contributed by atoms with E-state index in [4.69, 9.17) is 0 Å². The molecule has 0 aliphatic carbocycles. The van der Waals surface area contributed by atoms with E-state index in [0.29, 0.717) is 0 Å². The zero-order valence-electron chi connectivity index (χ0n) is 10.3. The Hall–Kier alpha value is -0.820. The highest BCUT2D eigenvalue weighted by atomic mass is 16.3. The van der Waals surface area contributed by atoms with Gasteiger partial charge in [0.1, 0.15) is 0 Å². The van der Waals surface area contributed by atoms with E-state index in [9.17, 15) is 5.11 Å². The first-order chi connectivity index (χ1) is 6.88. The van der Waals surface area contributed by atoms with Gasteiger partial charge in [-0.2, -0.15) is 0 Å². The zero-order valence-corrected chi connectivity index (χ0v) is 10.3. The maximum absolute atomic E-state index is 9.59. The quantitative estimate of drug-likeness (QED) is 0.800. The largest absolute Gasteiger partial charge is 0.390 e. The van der Waals surface area contributed by atoms with Gasteiger partial charge in [-0.1, -0.05) is 18.2 Å². The van der Waals surface area contributed by atoms with Crippen molar-refractivity contribution >= 4 is 0 Å². The van der Waals surface area contributed by atoms with Gasteiger partial charge in [0.15, 0.2) is 0 Å².